The summed E-state index contributed by atoms with van der Waals surface area (Å²) in [6.07, 6.45) is 2.06. The Morgan fingerprint density at radius 3 is 1.03 bits per heavy atom. The maximum Gasteiger partial charge on any atom is -0.0202 e. The number of hydrogen-bond acceptors (Lipinski definition) is 0. The zero-order valence-electron chi connectivity index (χ0n) is 19.8. The molecule has 0 heterocycles. The predicted octanol–water partition coefficient (Wildman–Crippen LogP) is 7.44. The van der Waals surface area contributed by atoms with Gasteiger partial charge in [-0.05, 0) is 33.5 Å². The molecule has 4 heteroatoms. The van der Waals surface area contributed by atoms with Gasteiger partial charge in [0.15, 0.2) is 0 Å². The third-order valence-electron chi connectivity index (χ3n) is 5.86. The van der Waals surface area contributed by atoms with Crippen LogP contribution in [0.2, 0.25) is 0 Å². The van der Waals surface area contributed by atoms with Crippen molar-refractivity contribution in [3.05, 3.63) is 157 Å². The van der Waals surface area contributed by atoms with Crippen molar-refractivity contribution < 1.29 is 18.2 Å². The fourth-order valence-electron chi connectivity index (χ4n) is 4.22. The summed E-state index contributed by atoms with van der Waals surface area (Å²) < 4.78 is 0. The van der Waals surface area contributed by atoms with Gasteiger partial charge in [-0.15, -0.1) is 0 Å². The van der Waals surface area contributed by atoms with Gasteiger partial charge in [0.2, 0.25) is 0 Å². The van der Waals surface area contributed by atoms with Crippen LogP contribution in [0.15, 0.2) is 140 Å². The Labute approximate surface area is 232 Å². The van der Waals surface area contributed by atoms with Crippen LogP contribution < -0.4 is 21.2 Å². The Morgan fingerprint density at radius 1 is 0.472 bits per heavy atom. The van der Waals surface area contributed by atoms with E-state index in [9.17, 15) is 0 Å². The largest absolute Gasteiger partial charge is 0.183 e. The third kappa shape index (κ3) is 7.47. The van der Waals surface area contributed by atoms with E-state index < -0.39 is 15.8 Å². The van der Waals surface area contributed by atoms with Crippen LogP contribution in [0.25, 0.3) is 0 Å². The van der Waals surface area contributed by atoms with Gasteiger partial charge in [0, 0.05) is 0 Å². The first-order chi connectivity index (χ1) is 17.9. The Kier molecular flexibility index (Phi) is 10.9. The molecular weight excluding hydrogens is 588 g/mol. The third-order valence-corrected chi connectivity index (χ3v) is 10.9. The summed E-state index contributed by atoms with van der Waals surface area (Å²) in [4.78, 5) is 0. The number of hydrogen-bond donors (Lipinski definition) is 0. The number of halogens is 1. The molecule has 0 N–H and O–H groups in total. The first kappa shape index (κ1) is 27.0. The molecule has 0 saturated heterocycles. The Morgan fingerprint density at radius 2 is 0.750 bits per heavy atom. The quantitative estimate of drug-likeness (QED) is 0.0968. The van der Waals surface area contributed by atoms with Gasteiger partial charge in [0.1, 0.15) is 0 Å². The topological polar surface area (TPSA) is 0 Å². The normalized spacial score (nSPS) is 10.7. The van der Waals surface area contributed by atoms with Gasteiger partial charge >= 0.3 is 27.7 Å². The molecule has 0 saturated carbocycles. The van der Waals surface area contributed by atoms with E-state index in [1.165, 1.54) is 32.3 Å². The zero-order chi connectivity index (χ0) is 25.0. The average Bonchev–Trinajstić information content (AvgIpc) is 2.98. The molecule has 0 spiro atoms. The second kappa shape index (κ2) is 14.6. The molecule has 0 amide bonds. The van der Waals surface area contributed by atoms with Crippen LogP contribution in [-0.2, 0) is 30.5 Å². The van der Waals surface area contributed by atoms with E-state index in [-0.39, 0.29) is 0 Å². The van der Waals surface area contributed by atoms with Crippen molar-refractivity contribution in [2.24, 2.45) is 0 Å². The van der Waals surface area contributed by atoms with Gasteiger partial charge < -0.3 is 0 Å². The SMILES string of the molecule is [Cl][Pd+].[c-]1cc(CP(c2ccccc2)c2ccccc2)cc(CP(c2ccccc2)c2ccccc2)c1. The molecule has 0 nitrogen and oxygen atoms in total. The Hall–Kier alpha value is -2.09. The molecule has 36 heavy (non-hydrogen) atoms. The molecule has 0 aliphatic rings. The number of rotatable bonds is 8. The molecule has 5 aromatic carbocycles. The molecule has 0 aromatic heterocycles. The maximum atomic E-state index is 4.49. The maximum absolute atomic E-state index is 4.49. The van der Waals surface area contributed by atoms with Crippen molar-refractivity contribution in [1.29, 1.82) is 0 Å². The summed E-state index contributed by atoms with van der Waals surface area (Å²) in [6.45, 7) is 0. The van der Waals surface area contributed by atoms with Crippen LogP contribution in [0.4, 0.5) is 0 Å². The van der Waals surface area contributed by atoms with Gasteiger partial charge in [-0.25, -0.2) is 0 Å². The van der Waals surface area contributed by atoms with E-state index >= 15 is 0 Å². The first-order valence-electron chi connectivity index (χ1n) is 11.7. The van der Waals surface area contributed by atoms with Crippen molar-refractivity contribution in [1.82, 2.24) is 0 Å². The van der Waals surface area contributed by atoms with Crippen LogP contribution in [0.5, 0.6) is 0 Å². The average molecular weight is 615 g/mol. The van der Waals surface area contributed by atoms with Gasteiger partial charge in [-0.1, -0.05) is 137 Å². The molecule has 0 atom stereocenters. The minimum atomic E-state index is -0.462. The monoisotopic (exact) mass is 614 g/mol. The molecule has 0 unspecified atom stereocenters. The van der Waals surface area contributed by atoms with Crippen molar-refractivity contribution in [3.63, 3.8) is 0 Å². The molecular formula is C32H27ClP2Pd. The summed E-state index contributed by atoms with van der Waals surface area (Å²) in [5.74, 6) is 0. The van der Waals surface area contributed by atoms with Gasteiger partial charge in [0.25, 0.3) is 0 Å². The summed E-state index contributed by atoms with van der Waals surface area (Å²) in [7, 11) is 3.56. The van der Waals surface area contributed by atoms with Crippen LogP contribution in [0.1, 0.15) is 11.1 Å². The molecule has 0 aliphatic heterocycles. The van der Waals surface area contributed by atoms with Crippen LogP contribution >= 0.6 is 25.4 Å². The van der Waals surface area contributed by atoms with Crippen LogP contribution in [-0.4, -0.2) is 0 Å². The fraction of sp³-hybridized carbons (Fsp3) is 0.0625. The Bertz CT molecular complexity index is 1120. The summed E-state index contributed by atoms with van der Waals surface area (Å²) in [5, 5.41) is 5.68. The van der Waals surface area contributed by atoms with E-state index in [4.69, 9.17) is 0 Å². The van der Waals surface area contributed by atoms with E-state index in [1.807, 2.05) is 0 Å². The van der Waals surface area contributed by atoms with E-state index in [2.05, 4.69) is 173 Å². The standard InChI is InChI=1S/C32H27P2.ClH.Pd/c1-5-16-29(17-6-1)33(30-18-7-2-8-19-30)25-27-14-13-15-28(24-27)26-34(31-20-9-3-10-21-31)32-22-11-4-12-23-32;;/h1-12,14-24H,25-26H2;1H;/q-1;;+2/p-1. The van der Waals surface area contributed by atoms with E-state index in [0.717, 1.165) is 12.3 Å². The number of benzene rings is 5. The van der Waals surface area contributed by atoms with Crippen molar-refractivity contribution in [3.8, 4) is 0 Å². The summed E-state index contributed by atoms with van der Waals surface area (Å²) in [5.41, 5.74) is 2.74. The van der Waals surface area contributed by atoms with Gasteiger partial charge in [-0.3, -0.25) is 0 Å². The minimum absolute atomic E-state index is 0.462. The summed E-state index contributed by atoms with van der Waals surface area (Å²) >= 11 is 2.22. The van der Waals surface area contributed by atoms with Gasteiger partial charge in [-0.2, -0.15) is 35.4 Å². The molecule has 0 bridgehead atoms. The van der Waals surface area contributed by atoms with Crippen LogP contribution in [0, 0.1) is 6.07 Å². The predicted molar refractivity (Wildman–Crippen MR) is 157 cm³/mol. The van der Waals surface area contributed by atoms with Crippen molar-refractivity contribution in [2.45, 2.75) is 12.3 Å². The second-order valence-corrected chi connectivity index (χ2v) is 12.7. The fourth-order valence-corrected chi connectivity index (χ4v) is 8.77. The Balaban J connectivity index is 0.00000148. The molecule has 5 aromatic rings. The van der Waals surface area contributed by atoms with Crippen LogP contribution in [0.3, 0.4) is 0 Å². The van der Waals surface area contributed by atoms with Gasteiger partial charge in [0.05, 0.1) is 0 Å². The first-order valence-corrected chi connectivity index (χ1v) is 16.8. The van der Waals surface area contributed by atoms with E-state index in [0.29, 0.717) is 0 Å². The molecule has 5 rings (SSSR count). The van der Waals surface area contributed by atoms with Crippen molar-refractivity contribution >= 4 is 46.6 Å². The smallest absolute Gasteiger partial charge is 0.0202 e. The second-order valence-electron chi connectivity index (χ2n) is 8.26. The zero-order valence-corrected chi connectivity index (χ0v) is 23.9. The van der Waals surface area contributed by atoms with E-state index in [1.54, 1.807) is 0 Å². The van der Waals surface area contributed by atoms with Crippen molar-refractivity contribution in [2.75, 3.05) is 0 Å². The molecule has 0 aliphatic carbocycles. The molecule has 0 radical (unpaired) electrons. The minimum Gasteiger partial charge on any atom is -0.183 e. The summed E-state index contributed by atoms with van der Waals surface area (Å²) in [6, 6.07) is 54.1. The molecule has 182 valence electrons. The molecule has 0 fully saturated rings.